The van der Waals surface area contributed by atoms with E-state index in [1.54, 1.807) is 4.90 Å². The maximum Gasteiger partial charge on any atom is 0.229 e. The number of carbonyl (C=O) groups is 2. The van der Waals surface area contributed by atoms with Gasteiger partial charge in [0.1, 0.15) is 6.73 Å². The van der Waals surface area contributed by atoms with E-state index in [2.05, 4.69) is 0 Å². The van der Waals surface area contributed by atoms with Gasteiger partial charge in [-0.2, -0.15) is 0 Å². The van der Waals surface area contributed by atoms with Crippen molar-refractivity contribution in [2.45, 2.75) is 19.3 Å². The fourth-order valence-corrected chi connectivity index (χ4v) is 2.28. The first-order valence-electron chi connectivity index (χ1n) is 5.40. The van der Waals surface area contributed by atoms with E-state index in [1.165, 1.54) is 4.90 Å². The molecule has 1 N–H and O–H groups in total. The standard InChI is InChI=1S/C10H16N2O3/c13-7-12-5-3-8(10(12)15)6-11-4-1-2-9(11)14/h8,13H,1-7H2. The van der Waals surface area contributed by atoms with Crippen LogP contribution in [0.15, 0.2) is 0 Å². The van der Waals surface area contributed by atoms with Gasteiger partial charge in [0.2, 0.25) is 11.8 Å². The predicted octanol–water partition coefficient (Wildman–Crippen LogP) is -0.593. The molecule has 0 spiro atoms. The number of carbonyl (C=O) groups excluding carboxylic acids is 2. The number of rotatable bonds is 3. The zero-order valence-corrected chi connectivity index (χ0v) is 8.69. The van der Waals surface area contributed by atoms with Gasteiger partial charge in [0.25, 0.3) is 0 Å². The second-order valence-electron chi connectivity index (χ2n) is 4.17. The summed E-state index contributed by atoms with van der Waals surface area (Å²) in [6.07, 6.45) is 2.28. The van der Waals surface area contributed by atoms with Crippen molar-refractivity contribution >= 4 is 11.8 Å². The minimum Gasteiger partial charge on any atom is -0.376 e. The number of nitrogens with zero attached hydrogens (tertiary/aromatic N) is 2. The van der Waals surface area contributed by atoms with Gasteiger partial charge in [-0.3, -0.25) is 9.59 Å². The normalized spacial score (nSPS) is 26.9. The predicted molar refractivity (Wildman–Crippen MR) is 52.7 cm³/mol. The summed E-state index contributed by atoms with van der Waals surface area (Å²) in [5.74, 6) is 0.0432. The van der Waals surface area contributed by atoms with E-state index in [9.17, 15) is 9.59 Å². The third kappa shape index (κ3) is 1.97. The third-order valence-electron chi connectivity index (χ3n) is 3.19. The molecule has 0 aliphatic carbocycles. The molecule has 2 heterocycles. The molecule has 5 nitrogen and oxygen atoms in total. The monoisotopic (exact) mass is 212 g/mol. The number of likely N-dealkylation sites (tertiary alicyclic amines) is 2. The average Bonchev–Trinajstić information content (AvgIpc) is 2.77. The van der Waals surface area contributed by atoms with Gasteiger partial charge in [0, 0.05) is 26.1 Å². The molecule has 84 valence electrons. The summed E-state index contributed by atoms with van der Waals surface area (Å²) >= 11 is 0. The van der Waals surface area contributed by atoms with Crippen LogP contribution in [0.3, 0.4) is 0 Å². The average molecular weight is 212 g/mol. The van der Waals surface area contributed by atoms with Crippen molar-refractivity contribution in [3.63, 3.8) is 0 Å². The number of hydrogen-bond acceptors (Lipinski definition) is 3. The molecule has 2 amide bonds. The summed E-state index contributed by atoms with van der Waals surface area (Å²) in [5, 5.41) is 8.89. The Bertz CT molecular complexity index is 280. The van der Waals surface area contributed by atoms with Gasteiger partial charge in [-0.05, 0) is 12.8 Å². The van der Waals surface area contributed by atoms with Crippen LogP contribution in [0.2, 0.25) is 0 Å². The molecule has 0 radical (unpaired) electrons. The molecule has 0 aromatic rings. The summed E-state index contributed by atoms with van der Waals surface area (Å²) in [5.41, 5.74) is 0. The first-order chi connectivity index (χ1) is 7.22. The van der Waals surface area contributed by atoms with Crippen molar-refractivity contribution in [3.05, 3.63) is 0 Å². The lowest BCUT2D eigenvalue weighted by Gasteiger charge is -2.19. The number of amides is 2. The Labute approximate surface area is 88.6 Å². The van der Waals surface area contributed by atoms with Gasteiger partial charge >= 0.3 is 0 Å². The first-order valence-corrected chi connectivity index (χ1v) is 5.40. The first kappa shape index (κ1) is 10.4. The Morgan fingerprint density at radius 2 is 2.07 bits per heavy atom. The van der Waals surface area contributed by atoms with Gasteiger partial charge in [-0.25, -0.2) is 0 Å². The van der Waals surface area contributed by atoms with E-state index < -0.39 is 0 Å². The van der Waals surface area contributed by atoms with E-state index in [0.29, 0.717) is 19.5 Å². The molecular weight excluding hydrogens is 196 g/mol. The van der Waals surface area contributed by atoms with E-state index in [0.717, 1.165) is 19.4 Å². The van der Waals surface area contributed by atoms with Gasteiger partial charge in [0.15, 0.2) is 0 Å². The quantitative estimate of drug-likeness (QED) is 0.680. The zero-order chi connectivity index (χ0) is 10.8. The molecule has 1 atom stereocenters. The fourth-order valence-electron chi connectivity index (χ4n) is 2.28. The number of aliphatic hydroxyl groups is 1. The van der Waals surface area contributed by atoms with Gasteiger partial charge in [-0.1, -0.05) is 0 Å². The lowest BCUT2D eigenvalue weighted by molar-refractivity contribution is -0.135. The molecular formula is C10H16N2O3. The molecule has 2 aliphatic rings. The molecule has 0 aromatic heterocycles. The second kappa shape index (κ2) is 4.18. The molecule has 0 bridgehead atoms. The highest BCUT2D eigenvalue weighted by molar-refractivity contribution is 5.83. The molecule has 0 saturated carbocycles. The van der Waals surface area contributed by atoms with E-state index in [4.69, 9.17) is 5.11 Å². The Morgan fingerprint density at radius 1 is 1.27 bits per heavy atom. The van der Waals surface area contributed by atoms with Crippen molar-refractivity contribution in [1.29, 1.82) is 0 Å². The van der Waals surface area contributed by atoms with E-state index in [1.807, 2.05) is 0 Å². The number of aliphatic hydroxyl groups excluding tert-OH is 1. The van der Waals surface area contributed by atoms with Crippen LogP contribution in [0.25, 0.3) is 0 Å². The molecule has 15 heavy (non-hydrogen) atoms. The highest BCUT2D eigenvalue weighted by Crippen LogP contribution is 2.21. The van der Waals surface area contributed by atoms with Crippen LogP contribution in [-0.2, 0) is 9.59 Å². The summed E-state index contributed by atoms with van der Waals surface area (Å²) < 4.78 is 0. The van der Waals surface area contributed by atoms with Crippen molar-refractivity contribution in [2.75, 3.05) is 26.4 Å². The molecule has 2 rings (SSSR count). The summed E-state index contributed by atoms with van der Waals surface area (Å²) in [6, 6.07) is 0. The van der Waals surface area contributed by atoms with Gasteiger partial charge < -0.3 is 14.9 Å². The van der Waals surface area contributed by atoms with Crippen LogP contribution >= 0.6 is 0 Å². The van der Waals surface area contributed by atoms with Crippen LogP contribution in [0.4, 0.5) is 0 Å². The Kier molecular flexibility index (Phi) is 2.90. The molecule has 2 fully saturated rings. The lowest BCUT2D eigenvalue weighted by atomic mass is 10.1. The third-order valence-corrected chi connectivity index (χ3v) is 3.19. The topological polar surface area (TPSA) is 60.9 Å². The summed E-state index contributed by atoms with van der Waals surface area (Å²) in [7, 11) is 0. The second-order valence-corrected chi connectivity index (χ2v) is 4.17. The highest BCUT2D eigenvalue weighted by Gasteiger charge is 2.34. The van der Waals surface area contributed by atoms with E-state index >= 15 is 0 Å². The van der Waals surface area contributed by atoms with Gasteiger partial charge in [0.05, 0.1) is 5.92 Å². The molecule has 5 heteroatoms. The van der Waals surface area contributed by atoms with Crippen LogP contribution < -0.4 is 0 Å². The SMILES string of the molecule is O=C1CCCN1CC1CCN(CO)C1=O. The van der Waals surface area contributed by atoms with Crippen LogP contribution in [0, 0.1) is 5.92 Å². The zero-order valence-electron chi connectivity index (χ0n) is 8.69. The van der Waals surface area contributed by atoms with Crippen molar-refractivity contribution in [3.8, 4) is 0 Å². The lowest BCUT2D eigenvalue weighted by Crippen LogP contribution is -2.35. The van der Waals surface area contributed by atoms with Crippen LogP contribution in [-0.4, -0.2) is 53.1 Å². The maximum absolute atomic E-state index is 11.7. The smallest absolute Gasteiger partial charge is 0.229 e. The van der Waals surface area contributed by atoms with Crippen molar-refractivity contribution in [2.24, 2.45) is 5.92 Å². The van der Waals surface area contributed by atoms with Gasteiger partial charge in [-0.15, -0.1) is 0 Å². The molecule has 0 aromatic carbocycles. The van der Waals surface area contributed by atoms with E-state index in [-0.39, 0.29) is 24.5 Å². The Morgan fingerprint density at radius 3 is 2.60 bits per heavy atom. The highest BCUT2D eigenvalue weighted by atomic mass is 16.3. The fraction of sp³-hybridized carbons (Fsp3) is 0.800. The summed E-state index contributed by atoms with van der Waals surface area (Å²) in [6.45, 7) is 1.72. The van der Waals surface area contributed by atoms with Crippen LogP contribution in [0.5, 0.6) is 0 Å². The minimum atomic E-state index is -0.205. The minimum absolute atomic E-state index is 0.0165. The Balaban J connectivity index is 1.90. The van der Waals surface area contributed by atoms with Crippen LogP contribution in [0.1, 0.15) is 19.3 Å². The summed E-state index contributed by atoms with van der Waals surface area (Å²) in [4.78, 5) is 26.2. The maximum atomic E-state index is 11.7. The Hall–Kier alpha value is -1.10. The number of hydrogen-bond donors (Lipinski definition) is 1. The molecule has 2 saturated heterocycles. The molecule has 1 unspecified atom stereocenters. The molecule has 2 aliphatic heterocycles. The van der Waals surface area contributed by atoms with Crippen molar-refractivity contribution < 1.29 is 14.7 Å². The van der Waals surface area contributed by atoms with Crippen molar-refractivity contribution in [1.82, 2.24) is 9.80 Å². The largest absolute Gasteiger partial charge is 0.376 e.